The van der Waals surface area contributed by atoms with Crippen molar-refractivity contribution in [2.45, 2.75) is 65.1 Å². The molecule has 110 valence electrons. The first-order chi connectivity index (χ1) is 8.66. The van der Waals surface area contributed by atoms with Gasteiger partial charge in [0.2, 0.25) is 11.8 Å². The third kappa shape index (κ3) is 3.93. The van der Waals surface area contributed by atoms with E-state index in [-0.39, 0.29) is 29.3 Å². The second-order valence-electron chi connectivity index (χ2n) is 6.50. The topological polar surface area (TPSA) is 75.4 Å². The van der Waals surface area contributed by atoms with Crippen LogP contribution in [0.1, 0.15) is 47.5 Å². The second kappa shape index (κ2) is 5.90. The Hall–Kier alpha value is -1.10. The summed E-state index contributed by atoms with van der Waals surface area (Å²) in [4.78, 5) is 25.7. The predicted molar refractivity (Wildman–Crippen MR) is 75.4 cm³/mol. The van der Waals surface area contributed by atoms with Crippen molar-refractivity contribution >= 4 is 11.8 Å². The van der Waals surface area contributed by atoms with E-state index in [2.05, 4.69) is 5.32 Å². The van der Waals surface area contributed by atoms with Gasteiger partial charge in [0.1, 0.15) is 0 Å². The maximum Gasteiger partial charge on any atom is 0.237 e. The minimum Gasteiger partial charge on any atom is -0.350 e. The predicted octanol–water partition coefficient (Wildman–Crippen LogP) is 0.875. The van der Waals surface area contributed by atoms with Crippen LogP contribution in [0.3, 0.4) is 0 Å². The largest absolute Gasteiger partial charge is 0.350 e. The molecule has 0 spiro atoms. The Kier molecular flexibility index (Phi) is 4.96. The zero-order valence-corrected chi connectivity index (χ0v) is 12.7. The van der Waals surface area contributed by atoms with Gasteiger partial charge in [-0.15, -0.1) is 0 Å². The third-order valence-corrected chi connectivity index (χ3v) is 3.84. The average Bonchev–Trinajstić information content (AvgIpc) is 2.67. The number of nitrogens with two attached hydrogens (primary N) is 1. The van der Waals surface area contributed by atoms with Gasteiger partial charge in [-0.05, 0) is 26.7 Å². The molecule has 1 fully saturated rings. The summed E-state index contributed by atoms with van der Waals surface area (Å²) in [6, 6.07) is -0.613. The van der Waals surface area contributed by atoms with Gasteiger partial charge < -0.3 is 16.0 Å². The molecular formula is C14H27N3O2. The van der Waals surface area contributed by atoms with Gasteiger partial charge in [-0.25, -0.2) is 0 Å². The van der Waals surface area contributed by atoms with E-state index in [4.69, 9.17) is 5.73 Å². The highest BCUT2D eigenvalue weighted by molar-refractivity contribution is 5.85. The van der Waals surface area contributed by atoms with Crippen molar-refractivity contribution in [1.82, 2.24) is 10.2 Å². The number of nitrogens with one attached hydrogen (secondary N) is 1. The van der Waals surface area contributed by atoms with Gasteiger partial charge in [-0.2, -0.15) is 0 Å². The van der Waals surface area contributed by atoms with E-state index >= 15 is 0 Å². The molecule has 1 saturated heterocycles. The molecule has 0 saturated carbocycles. The van der Waals surface area contributed by atoms with Crippen LogP contribution in [0.15, 0.2) is 0 Å². The standard InChI is InChI=1S/C14H27N3O2/c1-6-9(2)12(15)13(19)16-10-7-11(18)17(8-10)14(3,4)5/h9-10,12H,6-8,15H2,1-5H3,(H,16,19). The Labute approximate surface area is 115 Å². The molecule has 3 N–H and O–H groups in total. The van der Waals surface area contributed by atoms with E-state index in [1.54, 1.807) is 0 Å². The Balaban J connectivity index is 2.57. The number of hydrogen-bond acceptors (Lipinski definition) is 3. The second-order valence-corrected chi connectivity index (χ2v) is 6.50. The molecule has 1 rings (SSSR count). The number of amides is 2. The maximum absolute atomic E-state index is 12.0. The molecule has 5 heteroatoms. The summed E-state index contributed by atoms with van der Waals surface area (Å²) >= 11 is 0. The zero-order chi connectivity index (χ0) is 14.8. The average molecular weight is 269 g/mol. The van der Waals surface area contributed by atoms with E-state index in [0.29, 0.717) is 13.0 Å². The Morgan fingerprint density at radius 2 is 2.11 bits per heavy atom. The van der Waals surface area contributed by atoms with Crippen molar-refractivity contribution in [1.29, 1.82) is 0 Å². The zero-order valence-electron chi connectivity index (χ0n) is 12.7. The third-order valence-electron chi connectivity index (χ3n) is 3.84. The van der Waals surface area contributed by atoms with E-state index in [1.807, 2.05) is 39.5 Å². The Bertz CT molecular complexity index is 349. The molecular weight excluding hydrogens is 242 g/mol. The fraction of sp³-hybridized carbons (Fsp3) is 0.857. The first-order valence-electron chi connectivity index (χ1n) is 7.03. The lowest BCUT2D eigenvalue weighted by molar-refractivity contribution is -0.131. The van der Waals surface area contributed by atoms with E-state index in [1.165, 1.54) is 0 Å². The van der Waals surface area contributed by atoms with Crippen LogP contribution in [0.2, 0.25) is 0 Å². The summed E-state index contributed by atoms with van der Waals surface area (Å²) in [5, 5.41) is 2.90. The number of nitrogens with zero attached hydrogens (tertiary/aromatic N) is 1. The molecule has 0 aromatic rings. The monoisotopic (exact) mass is 269 g/mol. The number of hydrogen-bond donors (Lipinski definition) is 2. The van der Waals surface area contributed by atoms with Crippen LogP contribution in [-0.4, -0.2) is 40.9 Å². The van der Waals surface area contributed by atoms with Crippen molar-refractivity contribution in [2.75, 3.05) is 6.54 Å². The van der Waals surface area contributed by atoms with Crippen molar-refractivity contribution in [3.63, 3.8) is 0 Å². The lowest BCUT2D eigenvalue weighted by atomic mass is 9.99. The van der Waals surface area contributed by atoms with Crippen LogP contribution < -0.4 is 11.1 Å². The van der Waals surface area contributed by atoms with Crippen molar-refractivity contribution in [3.05, 3.63) is 0 Å². The Morgan fingerprint density at radius 3 is 2.53 bits per heavy atom. The molecule has 1 aliphatic rings. The molecule has 0 aliphatic carbocycles. The Morgan fingerprint density at radius 1 is 1.53 bits per heavy atom. The molecule has 19 heavy (non-hydrogen) atoms. The quantitative estimate of drug-likeness (QED) is 0.795. The lowest BCUT2D eigenvalue weighted by Crippen LogP contribution is -2.50. The van der Waals surface area contributed by atoms with Gasteiger partial charge in [-0.3, -0.25) is 9.59 Å². The van der Waals surface area contributed by atoms with Crippen molar-refractivity contribution in [2.24, 2.45) is 11.7 Å². The van der Waals surface area contributed by atoms with Crippen molar-refractivity contribution < 1.29 is 9.59 Å². The summed E-state index contributed by atoms with van der Waals surface area (Å²) in [5.41, 5.74) is 5.69. The number of rotatable bonds is 4. The lowest BCUT2D eigenvalue weighted by Gasteiger charge is -2.32. The number of carbonyl (C=O) groups is 2. The smallest absolute Gasteiger partial charge is 0.237 e. The molecule has 5 nitrogen and oxygen atoms in total. The summed E-state index contributed by atoms with van der Waals surface area (Å²) in [6.45, 7) is 10.5. The highest BCUT2D eigenvalue weighted by Crippen LogP contribution is 2.22. The SMILES string of the molecule is CCC(C)C(N)C(=O)NC1CC(=O)N(C(C)(C)C)C1. The molecule has 0 radical (unpaired) electrons. The minimum atomic E-state index is -0.496. The highest BCUT2D eigenvalue weighted by Gasteiger charge is 2.37. The van der Waals surface area contributed by atoms with Crippen LogP contribution in [0.5, 0.6) is 0 Å². The molecule has 1 aliphatic heterocycles. The first kappa shape index (κ1) is 16.0. The van der Waals surface area contributed by atoms with Gasteiger partial charge in [-0.1, -0.05) is 20.3 Å². The van der Waals surface area contributed by atoms with Gasteiger partial charge in [0.05, 0.1) is 12.1 Å². The summed E-state index contributed by atoms with van der Waals surface area (Å²) in [7, 11) is 0. The van der Waals surface area contributed by atoms with Crippen molar-refractivity contribution in [3.8, 4) is 0 Å². The van der Waals surface area contributed by atoms with Crippen LogP contribution >= 0.6 is 0 Å². The van der Waals surface area contributed by atoms with Crippen LogP contribution in [0.4, 0.5) is 0 Å². The van der Waals surface area contributed by atoms with Gasteiger partial charge in [0, 0.05) is 18.5 Å². The van der Waals surface area contributed by atoms with Crippen LogP contribution in [0.25, 0.3) is 0 Å². The van der Waals surface area contributed by atoms with Crippen LogP contribution in [-0.2, 0) is 9.59 Å². The molecule has 2 amide bonds. The normalized spacial score (nSPS) is 23.4. The van der Waals surface area contributed by atoms with E-state index in [0.717, 1.165) is 6.42 Å². The summed E-state index contributed by atoms with van der Waals surface area (Å²) in [5.74, 6) is 0.0913. The van der Waals surface area contributed by atoms with Gasteiger partial charge in [0.15, 0.2) is 0 Å². The number of carbonyl (C=O) groups excluding carboxylic acids is 2. The maximum atomic E-state index is 12.0. The molecule has 3 unspecified atom stereocenters. The number of likely N-dealkylation sites (tertiary alicyclic amines) is 1. The minimum absolute atomic E-state index is 0.0925. The summed E-state index contributed by atoms with van der Waals surface area (Å²) < 4.78 is 0. The molecule has 1 heterocycles. The van der Waals surface area contributed by atoms with E-state index < -0.39 is 6.04 Å². The van der Waals surface area contributed by atoms with Gasteiger partial charge >= 0.3 is 0 Å². The highest BCUT2D eigenvalue weighted by atomic mass is 16.2. The fourth-order valence-corrected chi connectivity index (χ4v) is 2.26. The first-order valence-corrected chi connectivity index (χ1v) is 7.03. The molecule has 3 atom stereocenters. The fourth-order valence-electron chi connectivity index (χ4n) is 2.26. The van der Waals surface area contributed by atoms with Crippen LogP contribution in [0, 0.1) is 5.92 Å². The van der Waals surface area contributed by atoms with Gasteiger partial charge in [0.25, 0.3) is 0 Å². The van der Waals surface area contributed by atoms with E-state index in [9.17, 15) is 9.59 Å². The molecule has 0 aromatic carbocycles. The molecule has 0 bridgehead atoms. The molecule has 0 aromatic heterocycles. The summed E-state index contributed by atoms with van der Waals surface area (Å²) in [6.07, 6.45) is 1.24.